The summed E-state index contributed by atoms with van der Waals surface area (Å²) >= 11 is 12.6. The lowest BCUT2D eigenvalue weighted by molar-refractivity contribution is -0.173. The molecule has 0 aliphatic carbocycles. The Balaban J connectivity index is 0.000000260. The van der Waals surface area contributed by atoms with Gasteiger partial charge in [0.1, 0.15) is 27.3 Å². The van der Waals surface area contributed by atoms with E-state index in [1.807, 2.05) is 28.8 Å². The van der Waals surface area contributed by atoms with Gasteiger partial charge in [-0.25, -0.2) is 26.8 Å². The first-order valence-electron chi connectivity index (χ1n) is 27.4. The molecule has 0 saturated carbocycles. The number of sulfone groups is 2. The first kappa shape index (κ1) is 72.4. The molecule has 0 saturated heterocycles. The summed E-state index contributed by atoms with van der Waals surface area (Å²) in [4.78, 5) is 39.0. The van der Waals surface area contributed by atoms with Gasteiger partial charge in [0.05, 0.1) is 82.5 Å². The van der Waals surface area contributed by atoms with E-state index in [4.69, 9.17) is 48.9 Å². The molecule has 2 heterocycles. The molecule has 0 radical (unpaired) electrons. The maximum absolute atomic E-state index is 12.8. The number of hydrogen-bond donors (Lipinski definition) is 8. The van der Waals surface area contributed by atoms with Crippen LogP contribution in [0.15, 0.2) is 125 Å². The van der Waals surface area contributed by atoms with Crippen molar-refractivity contribution in [3.63, 3.8) is 0 Å². The fraction of sp³-hybridized carbons (Fsp3) is 0.322. The van der Waals surface area contributed by atoms with Crippen molar-refractivity contribution in [1.29, 1.82) is 0 Å². The van der Waals surface area contributed by atoms with Crippen LogP contribution in [0, 0.1) is 0 Å². The number of amides is 2. The fourth-order valence-corrected chi connectivity index (χ4v) is 10.7. The zero-order valence-electron chi connectivity index (χ0n) is 49.7. The molecule has 5 aromatic carbocycles. The Hall–Kier alpha value is -8.38. The highest BCUT2D eigenvalue weighted by atomic mass is 35.5. The molecule has 2 aromatic heterocycles. The van der Waals surface area contributed by atoms with Crippen molar-refractivity contribution in [2.45, 2.75) is 92.4 Å². The van der Waals surface area contributed by atoms with Crippen LogP contribution in [0.2, 0.25) is 10.0 Å². The molecule has 31 heteroatoms. The van der Waals surface area contributed by atoms with Crippen LogP contribution in [-0.2, 0) is 48.5 Å². The number of nitrogen functional groups attached to an aromatic ring is 1. The molecule has 2 amide bonds. The van der Waals surface area contributed by atoms with E-state index in [1.54, 1.807) is 114 Å². The van der Waals surface area contributed by atoms with Gasteiger partial charge in [0.2, 0.25) is 11.9 Å². The van der Waals surface area contributed by atoms with Gasteiger partial charge in [-0.15, -0.1) is 0 Å². The second-order valence-corrected chi connectivity index (χ2v) is 25.6. The zero-order chi connectivity index (χ0) is 66.6. The van der Waals surface area contributed by atoms with Gasteiger partial charge < -0.3 is 57.6 Å². The third kappa shape index (κ3) is 20.9. The van der Waals surface area contributed by atoms with E-state index in [2.05, 4.69) is 41.2 Å². The number of nitrogens with zero attached hydrogens (tertiary/aromatic N) is 4. The molecular formula is C59H68Cl2F6N12O9S2. The number of nitrogens with two attached hydrogens (primary N) is 2. The van der Waals surface area contributed by atoms with Gasteiger partial charge in [-0.2, -0.15) is 36.3 Å². The molecule has 90 heavy (non-hydrogen) atoms. The second-order valence-electron chi connectivity index (χ2n) is 19.9. The number of nitrogens with one attached hydrogen (secondary N) is 6. The quantitative estimate of drug-likeness (QED) is 0.0150. The molecule has 486 valence electrons. The predicted molar refractivity (Wildman–Crippen MR) is 336 cm³/mol. The molecule has 0 fully saturated rings. The van der Waals surface area contributed by atoms with E-state index >= 15 is 0 Å². The standard InChI is InChI=1S/C25H27ClF3N5O4S.C22H26ClN5O3S.C12H15F3N2O2/c1-15(2)39(36,37)21-9-5-4-8-18(21)32-22-17(26)14-31-24(34-22)33-19-13-16(10-11-20(19)38-3)7-6-12-30-23(35)25(27,28)29;1-14(2)32(29,30)20-7-5-4-6-17(20)26-21-16(23)13-25-22(28-21)27-18-12-15(10-11-24)8-9-19(18)31-3;1-19-10-5-4-8(7-9(10)16)3-2-6-17-11(18)12(13,14)15/h4-5,8-11,13-15H,6-7,12H2,1-3H3,(H,30,35)(H2,31,32,33,34);4-9,12-14H,10-11,24H2,1-3H3,(H2,25,26,27,28);4-5,7H,2-3,6,16H2,1H3,(H,17,18). The number of carbonyl (C=O) groups is 2. The Kier molecular flexibility index (Phi) is 26.5. The topological polar surface area (TPSA) is 306 Å². The minimum Gasteiger partial charge on any atom is -0.495 e. The number of anilines is 9. The minimum absolute atomic E-state index is 0.0374. The largest absolute Gasteiger partial charge is 0.495 e. The van der Waals surface area contributed by atoms with Crippen LogP contribution in [0.1, 0.15) is 57.2 Å². The molecule has 0 aliphatic rings. The molecule has 0 atom stereocenters. The van der Waals surface area contributed by atoms with Gasteiger partial charge in [0.25, 0.3) is 0 Å². The third-order valence-electron chi connectivity index (χ3n) is 12.7. The molecule has 21 nitrogen and oxygen atoms in total. The average Bonchev–Trinajstić information content (AvgIpc) is 3.37. The van der Waals surface area contributed by atoms with Crippen LogP contribution < -0.4 is 57.6 Å². The number of benzene rings is 5. The Bertz CT molecular complexity index is 3820. The van der Waals surface area contributed by atoms with Crippen molar-refractivity contribution in [3.8, 4) is 17.2 Å². The normalized spacial score (nSPS) is 11.5. The lowest BCUT2D eigenvalue weighted by Gasteiger charge is -2.16. The van der Waals surface area contributed by atoms with E-state index in [-0.39, 0.29) is 62.9 Å². The molecule has 0 aliphatic heterocycles. The second kappa shape index (κ2) is 32.9. The number of alkyl halides is 6. The monoisotopic (exact) mass is 1340 g/mol. The highest BCUT2D eigenvalue weighted by Crippen LogP contribution is 2.35. The molecular weight excluding hydrogens is 1270 g/mol. The molecule has 0 bridgehead atoms. The van der Waals surface area contributed by atoms with Crippen molar-refractivity contribution in [2.24, 2.45) is 5.73 Å². The predicted octanol–water partition coefficient (Wildman–Crippen LogP) is 11.6. The van der Waals surface area contributed by atoms with Crippen molar-refractivity contribution in [2.75, 3.05) is 68.0 Å². The van der Waals surface area contributed by atoms with Crippen LogP contribution in [0.4, 0.5) is 78.3 Å². The van der Waals surface area contributed by atoms with E-state index in [9.17, 15) is 52.8 Å². The van der Waals surface area contributed by atoms with Gasteiger partial charge in [-0.05, 0) is 144 Å². The number of rotatable bonds is 25. The molecule has 10 N–H and O–H groups in total. The van der Waals surface area contributed by atoms with Gasteiger partial charge in [-0.3, -0.25) is 9.59 Å². The maximum Gasteiger partial charge on any atom is 0.471 e. The van der Waals surface area contributed by atoms with Crippen molar-refractivity contribution >= 4 is 107 Å². The molecule has 0 unspecified atom stereocenters. The van der Waals surface area contributed by atoms with Crippen LogP contribution in [0.3, 0.4) is 0 Å². The summed E-state index contributed by atoms with van der Waals surface area (Å²) in [6, 6.07) is 29.1. The summed E-state index contributed by atoms with van der Waals surface area (Å²) in [6.07, 6.45) is -4.68. The lowest BCUT2D eigenvalue weighted by atomic mass is 10.1. The molecule has 0 spiro atoms. The number of aromatic nitrogens is 4. The smallest absolute Gasteiger partial charge is 0.471 e. The summed E-state index contributed by atoms with van der Waals surface area (Å²) in [5.74, 6) is -1.45. The number of para-hydroxylation sites is 2. The number of methoxy groups -OCH3 is 3. The summed E-state index contributed by atoms with van der Waals surface area (Å²) in [5.41, 5.74) is 16.3. The fourth-order valence-electron chi connectivity index (χ4n) is 7.98. The highest BCUT2D eigenvalue weighted by Gasteiger charge is 2.39. The minimum atomic E-state index is -4.92. The van der Waals surface area contributed by atoms with Crippen LogP contribution >= 0.6 is 23.2 Å². The van der Waals surface area contributed by atoms with Gasteiger partial charge >= 0.3 is 24.2 Å². The number of hydrogen-bond acceptors (Lipinski definition) is 19. The summed E-state index contributed by atoms with van der Waals surface area (Å²) in [5, 5.41) is 15.0. The zero-order valence-corrected chi connectivity index (χ0v) is 52.9. The Morgan fingerprint density at radius 3 is 1.26 bits per heavy atom. The molecule has 7 rings (SSSR count). The van der Waals surface area contributed by atoms with E-state index in [0.29, 0.717) is 77.9 Å². The number of ether oxygens (including phenoxy) is 3. The van der Waals surface area contributed by atoms with Crippen molar-refractivity contribution in [1.82, 2.24) is 30.6 Å². The lowest BCUT2D eigenvalue weighted by Crippen LogP contribution is -2.37. The van der Waals surface area contributed by atoms with Crippen LogP contribution in [0.5, 0.6) is 17.2 Å². The Morgan fingerprint density at radius 1 is 0.533 bits per heavy atom. The summed E-state index contributed by atoms with van der Waals surface area (Å²) in [7, 11) is -2.57. The van der Waals surface area contributed by atoms with E-state index < -0.39 is 54.3 Å². The molecule has 7 aromatic rings. The number of halogens is 8. The van der Waals surface area contributed by atoms with Gasteiger partial charge in [-0.1, -0.05) is 65.7 Å². The van der Waals surface area contributed by atoms with Crippen molar-refractivity contribution in [3.05, 3.63) is 142 Å². The third-order valence-corrected chi connectivity index (χ3v) is 17.7. The summed E-state index contributed by atoms with van der Waals surface area (Å²) in [6.45, 7) is 6.80. The SMILES string of the molecule is COc1ccc(CCCNC(=O)C(F)(F)F)cc1N.COc1ccc(CCCNC(=O)C(F)(F)F)cc1Nc1ncc(Cl)c(Nc2ccccc2S(=O)(=O)C(C)C)n1.COc1ccc(CCN)cc1Nc1ncc(Cl)c(Nc2ccccc2S(=O)(=O)C(C)C)n1. The first-order valence-corrected chi connectivity index (χ1v) is 31.2. The Labute approximate surface area is 527 Å². The maximum atomic E-state index is 12.8. The van der Waals surface area contributed by atoms with Crippen LogP contribution in [-0.4, -0.2) is 112 Å². The number of aryl methyl sites for hydroxylation is 2. The Morgan fingerprint density at radius 2 is 0.900 bits per heavy atom. The van der Waals surface area contributed by atoms with Gasteiger partial charge in [0.15, 0.2) is 31.3 Å². The first-order chi connectivity index (χ1) is 42.4. The van der Waals surface area contributed by atoms with E-state index in [0.717, 1.165) is 16.7 Å². The summed E-state index contributed by atoms with van der Waals surface area (Å²) < 4.78 is 140. The van der Waals surface area contributed by atoms with Crippen molar-refractivity contribution < 1.29 is 67.0 Å². The number of carbonyl (C=O) groups excluding carboxylic acids is 2. The van der Waals surface area contributed by atoms with E-state index in [1.165, 1.54) is 32.7 Å². The average molecular weight is 1340 g/mol. The van der Waals surface area contributed by atoms with Gasteiger partial charge in [0, 0.05) is 13.1 Å². The van der Waals surface area contributed by atoms with Crippen LogP contribution in [0.25, 0.3) is 0 Å². The highest BCUT2D eigenvalue weighted by molar-refractivity contribution is 7.92.